The maximum Gasteiger partial charge on any atom is 0.224 e. The number of hydrogen-bond acceptors (Lipinski definition) is 4. The SMILES string of the molecule is COCCCS(=O)CCCC(=O)Nc1ccc(F)c(N)c1. The third kappa shape index (κ3) is 7.19. The molecule has 0 saturated heterocycles. The molecule has 1 aromatic rings. The zero-order chi connectivity index (χ0) is 15.7. The van der Waals surface area contributed by atoms with E-state index in [1.54, 1.807) is 7.11 Å². The van der Waals surface area contributed by atoms with Crippen LogP contribution in [0.15, 0.2) is 18.2 Å². The standard InChI is InChI=1S/C14H21FN2O3S/c1-20-7-3-9-21(19)8-2-4-14(18)17-11-5-6-12(15)13(16)10-11/h5-6,10H,2-4,7-9,16H2,1H3,(H,17,18). The van der Waals surface area contributed by atoms with Crippen LogP contribution >= 0.6 is 0 Å². The van der Waals surface area contributed by atoms with Crippen LogP contribution in [-0.2, 0) is 20.3 Å². The Hall–Kier alpha value is -1.47. The Kier molecular flexibility index (Phi) is 7.92. The second-order valence-electron chi connectivity index (χ2n) is 4.58. The fourth-order valence-corrected chi connectivity index (χ4v) is 2.82. The molecule has 1 amide bonds. The average Bonchev–Trinajstić information content (AvgIpc) is 2.43. The maximum absolute atomic E-state index is 13.0. The molecular weight excluding hydrogens is 295 g/mol. The number of hydrogen-bond donors (Lipinski definition) is 2. The van der Waals surface area contributed by atoms with Crippen molar-refractivity contribution < 1.29 is 18.1 Å². The minimum absolute atomic E-state index is 0.00736. The molecular formula is C14H21FN2O3S. The number of rotatable bonds is 9. The van der Waals surface area contributed by atoms with Crippen molar-refractivity contribution in [1.29, 1.82) is 0 Å². The van der Waals surface area contributed by atoms with Gasteiger partial charge in [0.05, 0.1) is 5.69 Å². The number of carbonyl (C=O) groups is 1. The van der Waals surface area contributed by atoms with Gasteiger partial charge in [0.25, 0.3) is 0 Å². The molecule has 1 rings (SSSR count). The lowest BCUT2D eigenvalue weighted by atomic mass is 10.2. The maximum atomic E-state index is 13.0. The summed E-state index contributed by atoms with van der Waals surface area (Å²) in [6, 6.07) is 4.03. The molecule has 1 aromatic carbocycles. The highest BCUT2D eigenvalue weighted by molar-refractivity contribution is 7.84. The Morgan fingerprint density at radius 3 is 2.76 bits per heavy atom. The van der Waals surface area contributed by atoms with Gasteiger partial charge < -0.3 is 15.8 Å². The number of nitrogens with one attached hydrogen (secondary N) is 1. The molecule has 0 fully saturated rings. The van der Waals surface area contributed by atoms with Gasteiger partial charge in [0.2, 0.25) is 5.91 Å². The summed E-state index contributed by atoms with van der Waals surface area (Å²) in [5, 5.41) is 2.63. The molecule has 7 heteroatoms. The summed E-state index contributed by atoms with van der Waals surface area (Å²) >= 11 is 0. The van der Waals surface area contributed by atoms with E-state index in [9.17, 15) is 13.4 Å². The molecule has 1 unspecified atom stereocenters. The Labute approximate surface area is 126 Å². The predicted octanol–water partition coefficient (Wildman–Crippen LogP) is 1.91. The van der Waals surface area contributed by atoms with Crippen molar-refractivity contribution >= 4 is 28.1 Å². The highest BCUT2D eigenvalue weighted by Crippen LogP contribution is 2.16. The zero-order valence-corrected chi connectivity index (χ0v) is 12.9. The van der Waals surface area contributed by atoms with E-state index in [0.29, 0.717) is 30.2 Å². The van der Waals surface area contributed by atoms with Crippen molar-refractivity contribution in [2.75, 3.05) is 36.3 Å². The summed E-state index contributed by atoms with van der Waals surface area (Å²) < 4.78 is 29.5. The fraction of sp³-hybridized carbons (Fsp3) is 0.500. The Morgan fingerprint density at radius 1 is 1.38 bits per heavy atom. The van der Waals surface area contributed by atoms with Crippen LogP contribution in [0.3, 0.4) is 0 Å². The zero-order valence-electron chi connectivity index (χ0n) is 12.1. The Bertz CT molecular complexity index is 497. The molecule has 3 N–H and O–H groups in total. The summed E-state index contributed by atoms with van der Waals surface area (Å²) in [4.78, 5) is 11.7. The van der Waals surface area contributed by atoms with E-state index in [2.05, 4.69) is 5.32 Å². The number of carbonyl (C=O) groups excluding carboxylic acids is 1. The van der Waals surface area contributed by atoms with Crippen molar-refractivity contribution in [2.45, 2.75) is 19.3 Å². The third-order valence-electron chi connectivity index (χ3n) is 2.78. The summed E-state index contributed by atoms with van der Waals surface area (Å²) in [7, 11) is 0.686. The fourth-order valence-electron chi connectivity index (χ4n) is 1.71. The molecule has 0 radical (unpaired) electrons. The first-order valence-corrected chi connectivity index (χ1v) is 8.20. The monoisotopic (exact) mass is 316 g/mol. The van der Waals surface area contributed by atoms with Gasteiger partial charge in [-0.25, -0.2) is 4.39 Å². The third-order valence-corrected chi connectivity index (χ3v) is 4.26. The van der Waals surface area contributed by atoms with Crippen LogP contribution in [-0.4, -0.2) is 35.3 Å². The number of ether oxygens (including phenoxy) is 1. The Morgan fingerprint density at radius 2 is 2.10 bits per heavy atom. The lowest BCUT2D eigenvalue weighted by Crippen LogP contribution is -2.13. The van der Waals surface area contributed by atoms with E-state index in [4.69, 9.17) is 10.5 Å². The number of benzene rings is 1. The van der Waals surface area contributed by atoms with Crippen molar-refractivity contribution in [1.82, 2.24) is 0 Å². The van der Waals surface area contributed by atoms with Gasteiger partial charge in [0, 0.05) is 48.1 Å². The highest BCUT2D eigenvalue weighted by Gasteiger charge is 2.06. The van der Waals surface area contributed by atoms with Gasteiger partial charge in [0.15, 0.2) is 0 Å². The number of halogens is 1. The van der Waals surface area contributed by atoms with Crippen LogP contribution in [0.4, 0.5) is 15.8 Å². The normalized spacial score (nSPS) is 12.1. The first kappa shape index (κ1) is 17.6. The molecule has 0 bridgehead atoms. The summed E-state index contributed by atoms with van der Waals surface area (Å²) in [5.41, 5.74) is 5.87. The van der Waals surface area contributed by atoms with E-state index in [0.717, 1.165) is 6.42 Å². The first-order chi connectivity index (χ1) is 10.0. The van der Waals surface area contributed by atoms with Gasteiger partial charge >= 0.3 is 0 Å². The van der Waals surface area contributed by atoms with Crippen LogP contribution in [0.2, 0.25) is 0 Å². The molecule has 0 heterocycles. The van der Waals surface area contributed by atoms with Gasteiger partial charge in [-0.2, -0.15) is 0 Å². The van der Waals surface area contributed by atoms with Gasteiger partial charge in [-0.3, -0.25) is 9.00 Å². The van der Waals surface area contributed by atoms with Crippen molar-refractivity contribution in [3.8, 4) is 0 Å². The van der Waals surface area contributed by atoms with Gasteiger partial charge in [-0.15, -0.1) is 0 Å². The number of amides is 1. The average molecular weight is 316 g/mol. The van der Waals surface area contributed by atoms with Crippen molar-refractivity contribution in [3.63, 3.8) is 0 Å². The predicted molar refractivity (Wildman–Crippen MR) is 83.0 cm³/mol. The first-order valence-electron chi connectivity index (χ1n) is 6.71. The van der Waals surface area contributed by atoms with Gasteiger partial charge in [0.1, 0.15) is 5.82 Å². The van der Waals surface area contributed by atoms with Gasteiger partial charge in [-0.05, 0) is 31.0 Å². The van der Waals surface area contributed by atoms with E-state index in [1.165, 1.54) is 18.2 Å². The van der Waals surface area contributed by atoms with E-state index in [1.807, 2.05) is 0 Å². The van der Waals surface area contributed by atoms with E-state index in [-0.39, 0.29) is 18.0 Å². The lowest BCUT2D eigenvalue weighted by Gasteiger charge is -2.06. The molecule has 5 nitrogen and oxygen atoms in total. The van der Waals surface area contributed by atoms with Crippen LogP contribution in [0.1, 0.15) is 19.3 Å². The summed E-state index contributed by atoms with van der Waals surface area (Å²) in [6.07, 6.45) is 1.57. The summed E-state index contributed by atoms with van der Waals surface area (Å²) in [6.45, 7) is 0.595. The number of nitrogens with two attached hydrogens (primary N) is 1. The number of nitrogen functional groups attached to an aromatic ring is 1. The number of methoxy groups -OCH3 is 1. The minimum Gasteiger partial charge on any atom is -0.396 e. The largest absolute Gasteiger partial charge is 0.396 e. The molecule has 0 spiro atoms. The van der Waals surface area contributed by atoms with Crippen LogP contribution in [0.5, 0.6) is 0 Å². The Balaban J connectivity index is 2.24. The molecule has 0 aliphatic rings. The molecule has 0 aromatic heterocycles. The topological polar surface area (TPSA) is 81.4 Å². The number of anilines is 2. The smallest absolute Gasteiger partial charge is 0.224 e. The second kappa shape index (κ2) is 9.46. The highest BCUT2D eigenvalue weighted by atomic mass is 32.2. The molecule has 1 atom stereocenters. The molecule has 118 valence electrons. The van der Waals surface area contributed by atoms with Crippen molar-refractivity contribution in [3.05, 3.63) is 24.0 Å². The van der Waals surface area contributed by atoms with Crippen LogP contribution in [0, 0.1) is 5.82 Å². The molecule has 0 aliphatic carbocycles. The summed E-state index contributed by atoms with van der Waals surface area (Å²) in [5.74, 6) is 0.362. The lowest BCUT2D eigenvalue weighted by molar-refractivity contribution is -0.116. The molecule has 21 heavy (non-hydrogen) atoms. The second-order valence-corrected chi connectivity index (χ2v) is 6.28. The minimum atomic E-state index is -0.921. The van der Waals surface area contributed by atoms with Crippen molar-refractivity contribution in [2.24, 2.45) is 0 Å². The quantitative estimate of drug-likeness (QED) is 0.538. The van der Waals surface area contributed by atoms with Crippen LogP contribution < -0.4 is 11.1 Å². The molecule has 0 saturated carbocycles. The van der Waals surface area contributed by atoms with Crippen LogP contribution in [0.25, 0.3) is 0 Å². The van der Waals surface area contributed by atoms with Gasteiger partial charge in [-0.1, -0.05) is 0 Å². The van der Waals surface area contributed by atoms with E-state index < -0.39 is 16.6 Å². The van der Waals surface area contributed by atoms with E-state index >= 15 is 0 Å². The molecule has 0 aliphatic heterocycles.